The molecule has 0 radical (unpaired) electrons. The molecule has 4 heteroatoms. The van der Waals surface area contributed by atoms with Gasteiger partial charge in [0.1, 0.15) is 6.73 Å². The van der Waals surface area contributed by atoms with Gasteiger partial charge in [-0.3, -0.25) is 4.79 Å². The van der Waals surface area contributed by atoms with Crippen LogP contribution in [0.1, 0.15) is 0 Å². The molecule has 0 aromatic carbocycles. The number of carbonyl (C=O) groups is 1. The molecule has 0 unspecified atom stereocenters. The summed E-state index contributed by atoms with van der Waals surface area (Å²) in [5, 5.41) is 7.28. The van der Waals surface area contributed by atoms with E-state index in [1.54, 1.807) is 0 Å². The third-order valence-corrected chi connectivity index (χ3v) is 0.249. The van der Waals surface area contributed by atoms with Gasteiger partial charge in [-0.25, -0.2) is 0 Å². The molecule has 1 N–H and O–H groups in total. The summed E-state index contributed by atoms with van der Waals surface area (Å²) in [5.74, 6) is 0. The third-order valence-electron chi connectivity index (χ3n) is 0.249. The summed E-state index contributed by atoms with van der Waals surface area (Å²) in [4.78, 5) is 9.13. The number of hydrogen-bond acceptors (Lipinski definition) is 2. The van der Waals surface area contributed by atoms with Gasteiger partial charge in [-0.05, 0) is 0 Å². The topological polar surface area (TPSA) is 40.5 Å². The van der Waals surface area contributed by atoms with Crippen LogP contribution >= 0.6 is 0 Å². The fraction of sp³-hybridized carbons (Fsp3) is 0.500. The number of aliphatic hydroxyl groups is 1. The predicted molar refractivity (Wildman–Crippen MR) is 16.1 cm³/mol. The zero-order chi connectivity index (χ0) is 4.99. The van der Waals surface area contributed by atoms with Gasteiger partial charge >= 0.3 is 0 Å². The molecule has 0 bridgehead atoms. The minimum absolute atomic E-state index is 0.111. The molecule has 1 amide bonds. The van der Waals surface area contributed by atoms with Gasteiger partial charge in [0.05, 0.1) is 0 Å². The summed E-state index contributed by atoms with van der Waals surface area (Å²) >= 11 is 0. The lowest BCUT2D eigenvalue weighted by Crippen LogP contribution is -2.10. The van der Waals surface area contributed by atoms with E-state index in [9.17, 15) is 4.48 Å². The van der Waals surface area contributed by atoms with E-state index in [0.717, 1.165) is 0 Å². The zero-order valence-corrected chi connectivity index (χ0v) is 2.97. The molecule has 6 heavy (non-hydrogen) atoms. The number of hydrogen-bond donors (Lipinski definition) is 1. The second-order valence-corrected chi connectivity index (χ2v) is 0.647. The van der Waals surface area contributed by atoms with Gasteiger partial charge in [-0.1, -0.05) is 4.48 Å². The molecule has 0 aliphatic rings. The van der Waals surface area contributed by atoms with Crippen LogP contribution in [0.4, 0.5) is 4.48 Å². The van der Waals surface area contributed by atoms with Crippen molar-refractivity contribution in [3.05, 3.63) is 0 Å². The third kappa shape index (κ3) is 1.66. The maximum absolute atomic E-state index is 11.1. The lowest BCUT2D eigenvalue weighted by Gasteiger charge is -1.93. The quantitative estimate of drug-likeness (QED) is 0.278. The number of nitrogens with zero attached hydrogens (tertiary/aromatic N) is 1. The first-order valence-electron chi connectivity index (χ1n) is 1.30. The molecule has 0 atom stereocenters. The average molecular weight is 93.1 g/mol. The summed E-state index contributed by atoms with van der Waals surface area (Å²) in [6, 6.07) is 0. The molecule has 3 nitrogen and oxygen atoms in total. The van der Waals surface area contributed by atoms with Crippen LogP contribution in [0.2, 0.25) is 0 Å². The van der Waals surface area contributed by atoms with Crippen molar-refractivity contribution in [1.29, 1.82) is 0 Å². The summed E-state index contributed by atoms with van der Waals surface area (Å²) in [7, 11) is 0. The maximum Gasteiger partial charge on any atom is 0.239 e. The SMILES string of the molecule is O=CN(F)CO. The van der Waals surface area contributed by atoms with Crippen LogP contribution in [0, 0.1) is 0 Å². The van der Waals surface area contributed by atoms with Crippen molar-refractivity contribution in [2.24, 2.45) is 0 Å². The van der Waals surface area contributed by atoms with Crippen molar-refractivity contribution in [3.63, 3.8) is 0 Å². The van der Waals surface area contributed by atoms with Crippen molar-refractivity contribution in [3.8, 4) is 0 Å². The van der Waals surface area contributed by atoms with Gasteiger partial charge in [0.25, 0.3) is 0 Å². The van der Waals surface area contributed by atoms with Crippen LogP contribution in [0.5, 0.6) is 0 Å². The van der Waals surface area contributed by atoms with Crippen molar-refractivity contribution in [1.82, 2.24) is 5.12 Å². The van der Waals surface area contributed by atoms with E-state index in [4.69, 9.17) is 9.90 Å². The fourth-order valence-electron chi connectivity index (χ4n) is 0.0333. The smallest absolute Gasteiger partial charge is 0.239 e. The van der Waals surface area contributed by atoms with Crippen LogP contribution in [0.25, 0.3) is 0 Å². The molecule has 36 valence electrons. The van der Waals surface area contributed by atoms with Crippen molar-refractivity contribution in [2.75, 3.05) is 6.73 Å². The van der Waals surface area contributed by atoms with E-state index in [0.29, 0.717) is 0 Å². The van der Waals surface area contributed by atoms with Gasteiger partial charge in [0, 0.05) is 0 Å². The highest BCUT2D eigenvalue weighted by Gasteiger charge is 1.87. The standard InChI is InChI=1S/C2H4FNO2/c3-4(1-5)2-6/h1,6H,2H2. The van der Waals surface area contributed by atoms with E-state index in [-0.39, 0.29) is 11.5 Å². The normalized spacial score (nSPS) is 7.67. The molecule has 0 aromatic rings. The average Bonchev–Trinajstić information content (AvgIpc) is 1.65. The number of carbonyl (C=O) groups excluding carboxylic acids is 1. The van der Waals surface area contributed by atoms with Crippen LogP contribution < -0.4 is 0 Å². The molecule has 0 spiro atoms. The first-order valence-corrected chi connectivity index (χ1v) is 1.30. The van der Waals surface area contributed by atoms with Crippen molar-refractivity contribution >= 4 is 6.41 Å². The van der Waals surface area contributed by atoms with E-state index >= 15 is 0 Å². The van der Waals surface area contributed by atoms with Gasteiger partial charge in [-0.2, -0.15) is 5.12 Å². The van der Waals surface area contributed by atoms with Crippen LogP contribution in [-0.4, -0.2) is 23.4 Å². The van der Waals surface area contributed by atoms with Crippen molar-refractivity contribution < 1.29 is 14.4 Å². The minimum atomic E-state index is -0.872. The van der Waals surface area contributed by atoms with Gasteiger partial charge in [0.15, 0.2) is 0 Å². The number of halogens is 1. The largest absolute Gasteiger partial charge is 0.374 e. The Labute approximate surface area is 33.9 Å². The first kappa shape index (κ1) is 5.36. The van der Waals surface area contributed by atoms with E-state index in [1.807, 2.05) is 0 Å². The monoisotopic (exact) mass is 93.0 g/mol. The second kappa shape index (κ2) is 2.59. The summed E-state index contributed by atoms with van der Waals surface area (Å²) in [6.07, 6.45) is -0.111. The Balaban J connectivity index is 2.96. The number of amides is 1. The Morgan fingerprint density at radius 1 is 2.00 bits per heavy atom. The molecule has 0 rings (SSSR count). The molecule has 0 saturated heterocycles. The van der Waals surface area contributed by atoms with Crippen LogP contribution in [0.15, 0.2) is 0 Å². The number of rotatable bonds is 2. The molecule has 0 aliphatic heterocycles. The summed E-state index contributed by atoms with van der Waals surface area (Å²) in [6.45, 7) is -0.872. The Morgan fingerprint density at radius 2 is 2.50 bits per heavy atom. The van der Waals surface area contributed by atoms with E-state index < -0.39 is 6.73 Å². The van der Waals surface area contributed by atoms with Gasteiger partial charge in [-0.15, -0.1) is 0 Å². The minimum Gasteiger partial charge on any atom is -0.374 e. The van der Waals surface area contributed by atoms with Crippen molar-refractivity contribution in [2.45, 2.75) is 0 Å². The number of aliphatic hydroxyl groups excluding tert-OH is 1. The summed E-state index contributed by atoms with van der Waals surface area (Å²) < 4.78 is 11.1. The summed E-state index contributed by atoms with van der Waals surface area (Å²) in [5.41, 5.74) is 0. The fourth-order valence-corrected chi connectivity index (χ4v) is 0.0333. The van der Waals surface area contributed by atoms with E-state index in [2.05, 4.69) is 0 Å². The molecular formula is C2H4FNO2. The maximum atomic E-state index is 11.1. The first-order chi connectivity index (χ1) is 2.81. The van der Waals surface area contributed by atoms with E-state index in [1.165, 1.54) is 0 Å². The Morgan fingerprint density at radius 3 is 2.50 bits per heavy atom. The molecule has 0 saturated carbocycles. The highest BCUT2D eigenvalue weighted by Crippen LogP contribution is 1.73. The molecule has 0 aromatic heterocycles. The predicted octanol–water partition coefficient (Wildman–Crippen LogP) is -0.721. The van der Waals surface area contributed by atoms with Crippen LogP contribution in [0.3, 0.4) is 0 Å². The zero-order valence-electron chi connectivity index (χ0n) is 2.97. The molecule has 0 heterocycles. The Kier molecular flexibility index (Phi) is 2.31. The lowest BCUT2D eigenvalue weighted by molar-refractivity contribution is -0.139. The Bertz CT molecular complexity index is 48.8. The highest BCUT2D eigenvalue weighted by molar-refractivity contribution is 5.44. The van der Waals surface area contributed by atoms with Gasteiger partial charge < -0.3 is 5.11 Å². The second-order valence-electron chi connectivity index (χ2n) is 0.647. The molecule has 0 aliphatic carbocycles. The highest BCUT2D eigenvalue weighted by atomic mass is 19.2. The van der Waals surface area contributed by atoms with Gasteiger partial charge in [0.2, 0.25) is 6.41 Å². The lowest BCUT2D eigenvalue weighted by atomic mass is 11.1. The Hall–Kier alpha value is -0.640. The molecule has 0 fully saturated rings. The molecular weight excluding hydrogens is 89.0 g/mol. The van der Waals surface area contributed by atoms with Crippen LogP contribution in [-0.2, 0) is 4.79 Å².